The predicted octanol–water partition coefficient (Wildman–Crippen LogP) is 1.74. The average Bonchev–Trinajstić information content (AvgIpc) is 2.95. The zero-order chi connectivity index (χ0) is 12.3. The van der Waals surface area contributed by atoms with E-state index in [1.807, 2.05) is 0 Å². The minimum Gasteiger partial charge on any atom is -0.313 e. The Balaban J connectivity index is 1.69. The lowest BCUT2D eigenvalue weighted by atomic mass is 10.2. The van der Waals surface area contributed by atoms with Crippen molar-refractivity contribution < 1.29 is 17.9 Å². The Morgan fingerprint density at radius 2 is 2.00 bits per heavy atom. The van der Waals surface area contributed by atoms with Crippen LogP contribution in [-0.2, 0) is 4.74 Å². The molecule has 2 rings (SSSR count). The van der Waals surface area contributed by atoms with Gasteiger partial charge in [-0.25, -0.2) is 0 Å². The van der Waals surface area contributed by atoms with E-state index in [4.69, 9.17) is 0 Å². The van der Waals surface area contributed by atoms with Crippen LogP contribution in [0.2, 0.25) is 0 Å². The van der Waals surface area contributed by atoms with Gasteiger partial charge in [-0.05, 0) is 32.2 Å². The van der Waals surface area contributed by atoms with Crippen molar-refractivity contribution in [2.75, 3.05) is 26.2 Å². The van der Waals surface area contributed by atoms with E-state index >= 15 is 0 Å². The molecule has 0 amide bonds. The number of rotatable bonds is 6. The van der Waals surface area contributed by atoms with Crippen LogP contribution in [0.4, 0.5) is 13.2 Å². The van der Waals surface area contributed by atoms with Crippen LogP contribution in [-0.4, -0.2) is 49.6 Å². The number of alkyl halides is 3. The third-order valence-corrected chi connectivity index (χ3v) is 3.32. The molecule has 3 nitrogen and oxygen atoms in total. The Morgan fingerprint density at radius 3 is 2.53 bits per heavy atom. The van der Waals surface area contributed by atoms with E-state index in [1.54, 1.807) is 0 Å². The van der Waals surface area contributed by atoms with Gasteiger partial charge in [0.05, 0.1) is 6.61 Å². The van der Waals surface area contributed by atoms with Gasteiger partial charge >= 0.3 is 6.36 Å². The van der Waals surface area contributed by atoms with Crippen molar-refractivity contribution >= 4 is 0 Å². The fraction of sp³-hybridized carbons (Fsp3) is 1.00. The molecule has 0 aromatic rings. The highest BCUT2D eigenvalue weighted by atomic mass is 19.4. The summed E-state index contributed by atoms with van der Waals surface area (Å²) >= 11 is 0. The second-order valence-electron chi connectivity index (χ2n) is 4.81. The minimum absolute atomic E-state index is 0.257. The zero-order valence-corrected chi connectivity index (χ0v) is 9.80. The summed E-state index contributed by atoms with van der Waals surface area (Å²) in [6.07, 6.45) is 0.0177. The molecular formula is C11H19F3N2O. The van der Waals surface area contributed by atoms with Crippen molar-refractivity contribution in [3.8, 4) is 0 Å². The topological polar surface area (TPSA) is 24.5 Å². The van der Waals surface area contributed by atoms with Crippen molar-refractivity contribution in [1.29, 1.82) is 0 Å². The molecule has 17 heavy (non-hydrogen) atoms. The van der Waals surface area contributed by atoms with E-state index in [1.165, 1.54) is 6.42 Å². The van der Waals surface area contributed by atoms with E-state index < -0.39 is 6.36 Å². The van der Waals surface area contributed by atoms with Crippen LogP contribution < -0.4 is 5.32 Å². The smallest absolute Gasteiger partial charge is 0.313 e. The lowest BCUT2D eigenvalue weighted by molar-refractivity contribution is -0.325. The van der Waals surface area contributed by atoms with E-state index in [0.717, 1.165) is 32.4 Å². The number of halogens is 3. The third kappa shape index (κ3) is 4.81. The molecule has 100 valence electrons. The predicted molar refractivity (Wildman–Crippen MR) is 57.6 cm³/mol. The second-order valence-corrected chi connectivity index (χ2v) is 4.81. The summed E-state index contributed by atoms with van der Waals surface area (Å²) in [4.78, 5) is 2.13. The van der Waals surface area contributed by atoms with Gasteiger partial charge in [0.15, 0.2) is 0 Å². The summed E-state index contributed by atoms with van der Waals surface area (Å²) in [5, 5.41) is 3.37. The first-order chi connectivity index (χ1) is 8.04. The molecule has 2 fully saturated rings. The molecule has 0 aromatic heterocycles. The van der Waals surface area contributed by atoms with Gasteiger partial charge in [0, 0.05) is 25.2 Å². The molecule has 0 radical (unpaired) electrons. The molecular weight excluding hydrogens is 233 g/mol. The maximum atomic E-state index is 11.9. The molecule has 1 N–H and O–H groups in total. The van der Waals surface area contributed by atoms with E-state index in [0.29, 0.717) is 18.6 Å². The molecule has 1 aliphatic carbocycles. The summed E-state index contributed by atoms with van der Waals surface area (Å²) in [6.45, 7) is 2.00. The van der Waals surface area contributed by atoms with Gasteiger partial charge in [0.25, 0.3) is 0 Å². The number of hydrogen-bond acceptors (Lipinski definition) is 3. The summed E-state index contributed by atoms with van der Waals surface area (Å²) in [7, 11) is 0. The molecule has 1 saturated heterocycles. The Kier molecular flexibility index (Phi) is 4.27. The summed E-state index contributed by atoms with van der Waals surface area (Å²) in [5.41, 5.74) is 0. The minimum atomic E-state index is -4.50. The van der Waals surface area contributed by atoms with E-state index in [9.17, 15) is 13.2 Å². The summed E-state index contributed by atoms with van der Waals surface area (Å²) in [5.74, 6) is 0. The molecule has 2 aliphatic rings. The van der Waals surface area contributed by atoms with Crippen LogP contribution in [0.1, 0.15) is 25.7 Å². The third-order valence-electron chi connectivity index (χ3n) is 3.32. The number of nitrogens with zero attached hydrogens (tertiary/aromatic N) is 1. The van der Waals surface area contributed by atoms with Crippen molar-refractivity contribution in [2.45, 2.75) is 44.1 Å². The first-order valence-corrected chi connectivity index (χ1v) is 6.23. The molecule has 1 atom stereocenters. The molecule has 6 heteroatoms. The standard InChI is InChI=1S/C11H19F3N2O/c12-11(13,14)17-7-6-16(10-3-4-10)8-9-2-1-5-15-9/h9-10,15H,1-8H2. The lowest BCUT2D eigenvalue weighted by Gasteiger charge is -2.25. The van der Waals surface area contributed by atoms with Gasteiger partial charge in [-0.2, -0.15) is 0 Å². The maximum Gasteiger partial charge on any atom is 0.522 e. The van der Waals surface area contributed by atoms with Crippen LogP contribution >= 0.6 is 0 Å². The zero-order valence-electron chi connectivity index (χ0n) is 9.80. The highest BCUT2D eigenvalue weighted by molar-refractivity contribution is 4.88. The van der Waals surface area contributed by atoms with Crippen molar-refractivity contribution in [3.05, 3.63) is 0 Å². The monoisotopic (exact) mass is 252 g/mol. The van der Waals surface area contributed by atoms with Gasteiger partial charge in [0.2, 0.25) is 0 Å². The Morgan fingerprint density at radius 1 is 1.24 bits per heavy atom. The van der Waals surface area contributed by atoms with Gasteiger partial charge in [-0.3, -0.25) is 9.64 Å². The van der Waals surface area contributed by atoms with E-state index in [2.05, 4.69) is 15.0 Å². The first kappa shape index (κ1) is 13.1. The van der Waals surface area contributed by atoms with Crippen LogP contribution in [0.15, 0.2) is 0 Å². The Labute approximate surface area is 99.3 Å². The molecule has 0 aromatic carbocycles. The van der Waals surface area contributed by atoms with Crippen molar-refractivity contribution in [2.24, 2.45) is 0 Å². The fourth-order valence-electron chi connectivity index (χ4n) is 2.34. The highest BCUT2D eigenvalue weighted by Gasteiger charge is 2.33. The van der Waals surface area contributed by atoms with Crippen LogP contribution in [0, 0.1) is 0 Å². The van der Waals surface area contributed by atoms with Crippen LogP contribution in [0.5, 0.6) is 0 Å². The fourth-order valence-corrected chi connectivity index (χ4v) is 2.34. The largest absolute Gasteiger partial charge is 0.522 e. The Hall–Kier alpha value is -0.330. The lowest BCUT2D eigenvalue weighted by Crippen LogP contribution is -2.40. The normalized spacial score (nSPS) is 25.8. The summed E-state index contributed by atoms with van der Waals surface area (Å²) < 4.78 is 39.5. The molecule has 1 saturated carbocycles. The van der Waals surface area contributed by atoms with Crippen LogP contribution in [0.25, 0.3) is 0 Å². The SMILES string of the molecule is FC(F)(F)OCCN(CC1CCCN1)C1CC1. The van der Waals surface area contributed by atoms with Crippen LogP contribution in [0.3, 0.4) is 0 Å². The molecule has 1 unspecified atom stereocenters. The van der Waals surface area contributed by atoms with E-state index in [-0.39, 0.29) is 6.61 Å². The average molecular weight is 252 g/mol. The molecule has 1 heterocycles. The van der Waals surface area contributed by atoms with Gasteiger partial charge in [0.1, 0.15) is 0 Å². The van der Waals surface area contributed by atoms with Crippen molar-refractivity contribution in [3.63, 3.8) is 0 Å². The number of hydrogen-bond donors (Lipinski definition) is 1. The molecule has 1 aliphatic heterocycles. The quantitative estimate of drug-likeness (QED) is 0.779. The highest BCUT2D eigenvalue weighted by Crippen LogP contribution is 2.27. The van der Waals surface area contributed by atoms with Gasteiger partial charge in [-0.15, -0.1) is 13.2 Å². The maximum absolute atomic E-state index is 11.9. The number of ether oxygens (including phenoxy) is 1. The molecule has 0 bridgehead atoms. The Bertz CT molecular complexity index is 237. The van der Waals surface area contributed by atoms with Gasteiger partial charge < -0.3 is 5.32 Å². The second kappa shape index (κ2) is 5.54. The van der Waals surface area contributed by atoms with Gasteiger partial charge in [-0.1, -0.05) is 0 Å². The first-order valence-electron chi connectivity index (χ1n) is 6.23. The number of nitrogens with one attached hydrogen (secondary N) is 1. The summed E-state index contributed by atoms with van der Waals surface area (Å²) in [6, 6.07) is 0.927. The molecule has 0 spiro atoms. The van der Waals surface area contributed by atoms with Crippen molar-refractivity contribution in [1.82, 2.24) is 10.2 Å².